The molecule has 2 aromatic carbocycles. The molecule has 2 aromatic rings. The van der Waals surface area contributed by atoms with Crippen molar-refractivity contribution in [3.05, 3.63) is 58.7 Å². The average molecular weight is 459 g/mol. The van der Waals surface area contributed by atoms with Gasteiger partial charge in [-0.3, -0.25) is 9.59 Å². The zero-order valence-electron chi connectivity index (χ0n) is 20.7. The Morgan fingerprint density at radius 1 is 0.618 bits per heavy atom. The molecule has 2 atom stereocenters. The van der Waals surface area contributed by atoms with Crippen molar-refractivity contribution >= 4 is 22.9 Å². The topological polar surface area (TPSA) is 58.2 Å². The number of carbonyl (C=O) groups excluding carboxylic acids is 2. The molecule has 2 saturated carbocycles. The van der Waals surface area contributed by atoms with E-state index in [1.165, 1.54) is 64.2 Å². The largest absolute Gasteiger partial charge is 0.382 e. The molecule has 34 heavy (non-hydrogen) atoms. The van der Waals surface area contributed by atoms with E-state index < -0.39 is 0 Å². The van der Waals surface area contributed by atoms with Gasteiger partial charge >= 0.3 is 0 Å². The molecule has 0 amide bonds. The Morgan fingerprint density at radius 2 is 1.03 bits per heavy atom. The minimum Gasteiger partial charge on any atom is -0.382 e. The fourth-order valence-corrected chi connectivity index (χ4v) is 6.48. The van der Waals surface area contributed by atoms with E-state index in [2.05, 4.69) is 24.5 Å². The number of hydrogen-bond acceptors (Lipinski definition) is 4. The maximum atomic E-state index is 14.0. The summed E-state index contributed by atoms with van der Waals surface area (Å²) >= 11 is 0. The summed E-state index contributed by atoms with van der Waals surface area (Å²) in [7, 11) is 0. The molecule has 0 aromatic heterocycles. The Bertz CT molecular complexity index is 982. The van der Waals surface area contributed by atoms with Crippen LogP contribution in [-0.4, -0.2) is 23.7 Å². The molecule has 180 valence electrons. The predicted octanol–water partition coefficient (Wildman–Crippen LogP) is 7.22. The minimum atomic E-state index is -0.0486. The van der Waals surface area contributed by atoms with Crippen LogP contribution in [0.1, 0.15) is 110 Å². The van der Waals surface area contributed by atoms with Crippen LogP contribution in [0.15, 0.2) is 36.4 Å². The first kappa shape index (κ1) is 23.1. The highest BCUT2D eigenvalue weighted by Crippen LogP contribution is 2.38. The Hall–Kier alpha value is -2.62. The summed E-state index contributed by atoms with van der Waals surface area (Å²) in [6, 6.07) is 11.9. The summed E-state index contributed by atoms with van der Waals surface area (Å²) < 4.78 is 0. The van der Waals surface area contributed by atoms with Crippen molar-refractivity contribution < 1.29 is 9.59 Å². The monoisotopic (exact) mass is 458 g/mol. The highest BCUT2D eigenvalue weighted by molar-refractivity contribution is 6.31. The fraction of sp³-hybridized carbons (Fsp3) is 0.533. The normalized spacial score (nSPS) is 20.9. The standard InChI is InChI=1S/C30H38N2O2/c1-19(21-11-5-3-6-12-21)31-25-17-9-15-23-27(25)30(34)28-24(29(23)33)16-10-18-26(28)32-20(2)22-13-7-4-8-14-22/h9-10,15-22,31-32H,3-8,11-14H2,1-2H3. The maximum Gasteiger partial charge on any atom is 0.198 e. The third-order valence-electron chi connectivity index (χ3n) is 8.55. The van der Waals surface area contributed by atoms with Crippen molar-refractivity contribution in [1.82, 2.24) is 0 Å². The smallest absolute Gasteiger partial charge is 0.198 e. The quantitative estimate of drug-likeness (QED) is 0.409. The molecule has 3 aliphatic rings. The Balaban J connectivity index is 1.45. The van der Waals surface area contributed by atoms with Crippen LogP contribution in [0.25, 0.3) is 0 Å². The first-order valence-electron chi connectivity index (χ1n) is 13.4. The second-order valence-corrected chi connectivity index (χ2v) is 10.8. The molecule has 5 rings (SSSR count). The van der Waals surface area contributed by atoms with Gasteiger partial charge in [0.05, 0.1) is 11.1 Å². The molecule has 2 unspecified atom stereocenters. The summed E-state index contributed by atoms with van der Waals surface area (Å²) in [5, 5.41) is 7.28. The van der Waals surface area contributed by atoms with E-state index in [4.69, 9.17) is 0 Å². The van der Waals surface area contributed by atoms with Crippen LogP contribution in [-0.2, 0) is 0 Å². The summed E-state index contributed by atoms with van der Waals surface area (Å²) in [6.45, 7) is 4.44. The first-order valence-corrected chi connectivity index (χ1v) is 13.4. The molecule has 0 aliphatic heterocycles. The van der Waals surface area contributed by atoms with Crippen LogP contribution in [0.5, 0.6) is 0 Å². The molecule has 0 spiro atoms. The van der Waals surface area contributed by atoms with E-state index in [0.29, 0.717) is 34.1 Å². The van der Waals surface area contributed by atoms with Crippen LogP contribution in [0.4, 0.5) is 11.4 Å². The van der Waals surface area contributed by atoms with Crippen molar-refractivity contribution in [2.45, 2.75) is 90.1 Å². The second-order valence-electron chi connectivity index (χ2n) is 10.8. The van der Waals surface area contributed by atoms with Gasteiger partial charge in [-0.2, -0.15) is 0 Å². The lowest BCUT2D eigenvalue weighted by Gasteiger charge is -2.32. The van der Waals surface area contributed by atoms with E-state index >= 15 is 0 Å². The van der Waals surface area contributed by atoms with Crippen LogP contribution < -0.4 is 10.6 Å². The highest BCUT2D eigenvalue weighted by atomic mass is 16.1. The summed E-state index contributed by atoms with van der Waals surface area (Å²) in [5.74, 6) is 1.13. The van der Waals surface area contributed by atoms with Crippen LogP contribution in [0.2, 0.25) is 0 Å². The van der Waals surface area contributed by atoms with Crippen molar-refractivity contribution in [2.24, 2.45) is 11.8 Å². The lowest BCUT2D eigenvalue weighted by molar-refractivity contribution is 0.0980. The van der Waals surface area contributed by atoms with Crippen molar-refractivity contribution in [2.75, 3.05) is 10.6 Å². The second kappa shape index (κ2) is 9.93. The number of rotatable bonds is 6. The zero-order valence-corrected chi connectivity index (χ0v) is 20.7. The van der Waals surface area contributed by atoms with Gasteiger partial charge in [0, 0.05) is 34.6 Å². The molecular weight excluding hydrogens is 420 g/mol. The van der Waals surface area contributed by atoms with Gasteiger partial charge in [0.1, 0.15) is 0 Å². The van der Waals surface area contributed by atoms with Gasteiger partial charge in [-0.15, -0.1) is 0 Å². The zero-order chi connectivity index (χ0) is 23.7. The molecule has 0 radical (unpaired) electrons. The molecule has 0 bridgehead atoms. The van der Waals surface area contributed by atoms with E-state index in [1.807, 2.05) is 24.3 Å². The van der Waals surface area contributed by atoms with Gasteiger partial charge in [-0.1, -0.05) is 62.8 Å². The third-order valence-corrected chi connectivity index (χ3v) is 8.55. The first-order chi connectivity index (χ1) is 16.5. The summed E-state index contributed by atoms with van der Waals surface area (Å²) in [5.41, 5.74) is 3.74. The number of nitrogens with one attached hydrogen (secondary N) is 2. The van der Waals surface area contributed by atoms with Gasteiger partial charge in [0.2, 0.25) is 0 Å². The predicted molar refractivity (Wildman–Crippen MR) is 139 cm³/mol. The van der Waals surface area contributed by atoms with Crippen LogP contribution >= 0.6 is 0 Å². The number of carbonyl (C=O) groups is 2. The van der Waals surface area contributed by atoms with Gasteiger partial charge in [-0.05, 0) is 63.5 Å². The molecule has 0 saturated heterocycles. The summed E-state index contributed by atoms with van der Waals surface area (Å²) in [6.07, 6.45) is 12.7. The fourth-order valence-electron chi connectivity index (χ4n) is 6.48. The van der Waals surface area contributed by atoms with E-state index in [9.17, 15) is 9.59 Å². The highest BCUT2D eigenvalue weighted by Gasteiger charge is 2.35. The number of benzene rings is 2. The molecule has 2 fully saturated rings. The van der Waals surface area contributed by atoms with Crippen molar-refractivity contribution in [3.8, 4) is 0 Å². The van der Waals surface area contributed by atoms with Gasteiger partial charge in [-0.25, -0.2) is 0 Å². The van der Waals surface area contributed by atoms with Crippen LogP contribution in [0, 0.1) is 11.8 Å². The lowest BCUT2D eigenvalue weighted by Crippen LogP contribution is -2.31. The molecule has 4 heteroatoms. The minimum absolute atomic E-state index is 0.0394. The number of hydrogen-bond donors (Lipinski definition) is 2. The SMILES string of the molecule is CC(Nc1cccc2c1C(=O)c1c(NC(C)C3CCCCC3)cccc1C2=O)C1CCCCC1. The van der Waals surface area contributed by atoms with Gasteiger partial charge in [0.25, 0.3) is 0 Å². The molecule has 4 nitrogen and oxygen atoms in total. The number of ketones is 2. The summed E-state index contributed by atoms with van der Waals surface area (Å²) in [4.78, 5) is 27.5. The van der Waals surface area contributed by atoms with Gasteiger partial charge < -0.3 is 10.6 Å². The van der Waals surface area contributed by atoms with Crippen LogP contribution in [0.3, 0.4) is 0 Å². The van der Waals surface area contributed by atoms with Crippen molar-refractivity contribution in [3.63, 3.8) is 0 Å². The average Bonchev–Trinajstić information content (AvgIpc) is 2.88. The molecule has 2 N–H and O–H groups in total. The molecule has 3 aliphatic carbocycles. The Labute approximate surface area is 203 Å². The third kappa shape index (κ3) is 4.39. The number of fused-ring (bicyclic) bond motifs is 2. The Morgan fingerprint density at radius 3 is 1.44 bits per heavy atom. The number of anilines is 2. The van der Waals surface area contributed by atoms with Crippen molar-refractivity contribution in [1.29, 1.82) is 0 Å². The Kier molecular flexibility index (Phi) is 6.76. The van der Waals surface area contributed by atoms with E-state index in [-0.39, 0.29) is 23.7 Å². The van der Waals surface area contributed by atoms with Gasteiger partial charge in [0.15, 0.2) is 11.6 Å². The molecular formula is C30H38N2O2. The van der Waals surface area contributed by atoms with E-state index in [1.54, 1.807) is 12.1 Å². The maximum absolute atomic E-state index is 14.0. The lowest BCUT2D eigenvalue weighted by atomic mass is 9.81. The molecule has 0 heterocycles. The van der Waals surface area contributed by atoms with E-state index in [0.717, 1.165) is 11.4 Å².